The maximum Gasteiger partial charge on any atom is 0.241 e. The Morgan fingerprint density at radius 3 is 1.41 bits per heavy atom. The second kappa shape index (κ2) is 9.60. The predicted octanol–water partition coefficient (Wildman–Crippen LogP) is 5.98. The lowest BCUT2D eigenvalue weighted by molar-refractivity contribution is 1.39. The van der Waals surface area contributed by atoms with Gasteiger partial charge in [-0.2, -0.15) is 0 Å². The first-order valence-electron chi connectivity index (χ1n) is 10.4. The second-order valence-corrected chi connectivity index (χ2v) is 11.0. The van der Waals surface area contributed by atoms with Crippen molar-refractivity contribution in [2.75, 3.05) is 19.5 Å². The molecule has 0 heterocycles. The van der Waals surface area contributed by atoms with E-state index >= 15 is 0 Å². The first-order valence-corrected chi connectivity index (χ1v) is 12.8. The minimum absolute atomic E-state index is 0.000352. The molecular formula is C27H32BP. The molecule has 0 aliphatic carbocycles. The highest BCUT2D eigenvalue weighted by molar-refractivity contribution is 7.56. The Labute approximate surface area is 178 Å². The topological polar surface area (TPSA) is 0 Å². The maximum absolute atomic E-state index is 2.37. The van der Waals surface area contributed by atoms with Crippen LogP contribution in [0.2, 0.25) is 0 Å². The van der Waals surface area contributed by atoms with E-state index in [4.69, 9.17) is 0 Å². The van der Waals surface area contributed by atoms with Crippen LogP contribution in [0.15, 0.2) is 78.4 Å². The lowest BCUT2D eigenvalue weighted by Gasteiger charge is -2.24. The van der Waals surface area contributed by atoms with Crippen molar-refractivity contribution in [3.05, 3.63) is 101 Å². The third kappa shape index (κ3) is 5.49. The van der Waals surface area contributed by atoms with E-state index in [-0.39, 0.29) is 14.6 Å². The molecule has 0 bridgehead atoms. The molecule has 0 amide bonds. The highest BCUT2D eigenvalue weighted by atomic mass is 31.1. The van der Waals surface area contributed by atoms with E-state index in [1.54, 1.807) is 0 Å². The van der Waals surface area contributed by atoms with E-state index in [9.17, 15) is 0 Å². The minimum atomic E-state index is 0.000352. The molecule has 0 saturated heterocycles. The van der Waals surface area contributed by atoms with Crippen LogP contribution in [0.4, 0.5) is 0 Å². The zero-order valence-electron chi connectivity index (χ0n) is 18.7. The van der Waals surface area contributed by atoms with Gasteiger partial charge in [-0.1, -0.05) is 111 Å². The van der Waals surface area contributed by atoms with E-state index in [0.29, 0.717) is 0 Å². The molecule has 0 aliphatic heterocycles. The highest BCUT2D eigenvalue weighted by Gasteiger charge is 2.27. The van der Waals surface area contributed by atoms with Gasteiger partial charge in [-0.05, 0) is 52.7 Å². The molecule has 0 aliphatic rings. The summed E-state index contributed by atoms with van der Waals surface area (Å²) in [6.45, 7) is 13.8. The molecule has 0 unspecified atom stereocenters. The van der Waals surface area contributed by atoms with Gasteiger partial charge in [-0.3, -0.25) is 0 Å². The summed E-state index contributed by atoms with van der Waals surface area (Å²) in [6, 6.07) is 27.3. The summed E-state index contributed by atoms with van der Waals surface area (Å²) >= 11 is 0. The van der Waals surface area contributed by atoms with Crippen LogP contribution in [0.3, 0.4) is 0 Å². The van der Waals surface area contributed by atoms with Gasteiger partial charge in [0.25, 0.3) is 0 Å². The number of aryl methyl sites for hydroxylation is 3. The van der Waals surface area contributed by atoms with Crippen molar-refractivity contribution < 1.29 is 0 Å². The Kier molecular flexibility index (Phi) is 7.15. The molecule has 0 atom stereocenters. The molecule has 3 aromatic rings. The Morgan fingerprint density at radius 1 is 0.655 bits per heavy atom. The summed E-state index contributed by atoms with van der Waals surface area (Å²) in [5, 5.41) is 0. The smallest absolute Gasteiger partial charge is 0.109 e. The molecule has 3 aromatic carbocycles. The maximum atomic E-state index is 2.37. The van der Waals surface area contributed by atoms with Gasteiger partial charge in [0, 0.05) is 0 Å². The van der Waals surface area contributed by atoms with Crippen LogP contribution in [-0.2, 0) is 0 Å². The first kappa shape index (κ1) is 21.6. The Hall–Kier alpha value is -2.11. The van der Waals surface area contributed by atoms with Crippen molar-refractivity contribution in [2.24, 2.45) is 0 Å². The summed E-state index contributed by atoms with van der Waals surface area (Å²) in [5.41, 5.74) is 11.0. The van der Waals surface area contributed by atoms with Crippen LogP contribution in [0.25, 0.3) is 5.47 Å². The zero-order chi connectivity index (χ0) is 21.0. The highest BCUT2D eigenvalue weighted by Crippen LogP contribution is 2.32. The Balaban J connectivity index is 2.25. The molecule has 3 rings (SSSR count). The van der Waals surface area contributed by atoms with Gasteiger partial charge in [-0.15, -0.1) is 7.92 Å². The lowest BCUT2D eigenvalue weighted by atomic mass is 9.34. The summed E-state index contributed by atoms with van der Waals surface area (Å²) in [6.07, 6.45) is 1.17. The monoisotopic (exact) mass is 398 g/mol. The van der Waals surface area contributed by atoms with Crippen LogP contribution in [0, 0.1) is 20.8 Å². The zero-order valence-corrected chi connectivity index (χ0v) is 19.6. The van der Waals surface area contributed by atoms with E-state index in [2.05, 4.69) is 114 Å². The van der Waals surface area contributed by atoms with Gasteiger partial charge in [0.15, 0.2) is 0 Å². The molecule has 0 radical (unpaired) electrons. The second-order valence-electron chi connectivity index (χ2n) is 8.55. The van der Waals surface area contributed by atoms with Crippen LogP contribution in [0.1, 0.15) is 29.2 Å². The van der Waals surface area contributed by atoms with Crippen molar-refractivity contribution in [3.8, 4) is 0 Å². The van der Waals surface area contributed by atoms with Crippen LogP contribution in [0.5, 0.6) is 0 Å². The molecule has 0 nitrogen and oxygen atoms in total. The Bertz CT molecular complexity index is 919. The quantitative estimate of drug-likeness (QED) is 0.354. The van der Waals surface area contributed by atoms with Gasteiger partial charge in [0.1, 0.15) is 0 Å². The van der Waals surface area contributed by atoms with Gasteiger partial charge >= 0.3 is 0 Å². The standard InChI is InChI=1S/C27H32BP/c1-20-7-13-24(14-8-20)27(23(4)19-29(5)6)28(25-15-9-21(2)10-16-25)26-17-11-22(3)12-18-26/h7-18H,19H2,1-6H3/b27-23-. The lowest BCUT2D eigenvalue weighted by Crippen LogP contribution is -2.44. The average Bonchev–Trinajstić information content (AvgIpc) is 2.68. The number of hydrogen-bond donors (Lipinski definition) is 0. The van der Waals surface area contributed by atoms with Crippen LogP contribution < -0.4 is 10.9 Å². The summed E-state index contributed by atoms with van der Waals surface area (Å²) in [5.74, 6) is 0. The minimum Gasteiger partial charge on any atom is -0.109 e. The summed E-state index contributed by atoms with van der Waals surface area (Å²) < 4.78 is 0. The number of hydrogen-bond acceptors (Lipinski definition) is 0. The molecular weight excluding hydrogens is 366 g/mol. The summed E-state index contributed by atoms with van der Waals surface area (Å²) in [4.78, 5) is 0. The fourth-order valence-electron chi connectivity index (χ4n) is 4.00. The van der Waals surface area contributed by atoms with Gasteiger partial charge < -0.3 is 0 Å². The fourth-order valence-corrected chi connectivity index (χ4v) is 5.11. The van der Waals surface area contributed by atoms with Gasteiger partial charge in [0.2, 0.25) is 6.71 Å². The Morgan fingerprint density at radius 2 is 1.03 bits per heavy atom. The summed E-state index contributed by atoms with van der Waals surface area (Å²) in [7, 11) is 0.000352. The molecule has 2 heteroatoms. The number of rotatable bonds is 6. The molecule has 0 spiro atoms. The largest absolute Gasteiger partial charge is 0.241 e. The van der Waals surface area contributed by atoms with Crippen molar-refractivity contribution in [2.45, 2.75) is 27.7 Å². The van der Waals surface area contributed by atoms with Crippen molar-refractivity contribution >= 4 is 31.0 Å². The molecule has 0 fully saturated rings. The molecule has 0 aromatic heterocycles. The van der Waals surface area contributed by atoms with E-state index in [1.165, 1.54) is 50.4 Å². The number of allylic oxidation sites excluding steroid dienone is 1. The van der Waals surface area contributed by atoms with Gasteiger partial charge in [-0.25, -0.2) is 0 Å². The van der Waals surface area contributed by atoms with Crippen molar-refractivity contribution in [1.29, 1.82) is 0 Å². The average molecular weight is 398 g/mol. The molecule has 29 heavy (non-hydrogen) atoms. The van der Waals surface area contributed by atoms with E-state index in [1.807, 2.05) is 0 Å². The van der Waals surface area contributed by atoms with Crippen LogP contribution in [-0.4, -0.2) is 26.2 Å². The van der Waals surface area contributed by atoms with E-state index < -0.39 is 0 Å². The SMILES string of the molecule is C/C(CP(C)C)=C(/B(c1ccc(C)cc1)c1ccc(C)cc1)c1ccc(C)cc1. The van der Waals surface area contributed by atoms with Crippen molar-refractivity contribution in [3.63, 3.8) is 0 Å². The third-order valence-corrected chi connectivity index (χ3v) is 6.59. The normalized spacial score (nSPS) is 12.1. The van der Waals surface area contributed by atoms with Gasteiger partial charge in [0.05, 0.1) is 0 Å². The molecule has 148 valence electrons. The van der Waals surface area contributed by atoms with Crippen LogP contribution >= 0.6 is 7.92 Å². The number of benzene rings is 3. The fraction of sp³-hybridized carbons (Fsp3) is 0.259. The molecule has 0 N–H and O–H groups in total. The first-order chi connectivity index (χ1) is 13.8. The van der Waals surface area contributed by atoms with Crippen molar-refractivity contribution in [1.82, 2.24) is 0 Å². The molecule has 0 saturated carbocycles. The third-order valence-electron chi connectivity index (χ3n) is 5.49. The van der Waals surface area contributed by atoms with E-state index in [0.717, 1.165) is 0 Å². The predicted molar refractivity (Wildman–Crippen MR) is 135 cm³/mol.